The zero-order valence-electron chi connectivity index (χ0n) is 13.0. The molecule has 0 saturated heterocycles. The molecule has 0 radical (unpaired) electrons. The molecule has 1 aromatic heterocycles. The Morgan fingerprint density at radius 1 is 1.30 bits per heavy atom. The number of likely N-dealkylation sites (N-methyl/N-ethyl adjacent to an activating group) is 1. The van der Waals surface area contributed by atoms with E-state index >= 15 is 0 Å². The predicted octanol–water partition coefficient (Wildman–Crippen LogP) is 2.11. The van der Waals surface area contributed by atoms with Crippen LogP contribution in [0.15, 0.2) is 12.4 Å². The lowest BCUT2D eigenvalue weighted by Crippen LogP contribution is -2.54. The van der Waals surface area contributed by atoms with Gasteiger partial charge in [-0.3, -0.25) is 4.90 Å². The number of imidazole rings is 1. The van der Waals surface area contributed by atoms with Crippen LogP contribution in [0.3, 0.4) is 0 Å². The molecular weight excluding hydrogens is 248 g/mol. The van der Waals surface area contributed by atoms with Crippen molar-refractivity contribution in [2.75, 3.05) is 13.6 Å². The Morgan fingerprint density at radius 3 is 2.90 bits per heavy atom. The van der Waals surface area contributed by atoms with Gasteiger partial charge < -0.3 is 9.88 Å². The lowest BCUT2D eigenvalue weighted by molar-refractivity contribution is 0.0641. The van der Waals surface area contributed by atoms with Gasteiger partial charge in [0.1, 0.15) is 5.82 Å². The van der Waals surface area contributed by atoms with Crippen LogP contribution in [0.5, 0.6) is 0 Å². The van der Waals surface area contributed by atoms with Crippen molar-refractivity contribution in [2.45, 2.75) is 58.3 Å². The average molecular weight is 276 g/mol. The number of hydrogen-bond acceptors (Lipinski definition) is 3. The monoisotopic (exact) mass is 276 g/mol. The lowest BCUT2D eigenvalue weighted by atomic mass is 9.76. The third kappa shape index (κ3) is 2.63. The smallest absolute Gasteiger partial charge is 0.122 e. The number of nitrogens with one attached hydrogen (secondary N) is 1. The van der Waals surface area contributed by atoms with Gasteiger partial charge in [0.05, 0.1) is 6.54 Å². The topological polar surface area (TPSA) is 33.1 Å². The standard InChI is InChI=1S/C16H28N4/c1-12(2)13-4-5-14(17-3)15(10-13)20-9-8-19-7-6-18-16(19)11-20/h6-7,12-15,17H,4-5,8-11H2,1-3H3. The zero-order valence-corrected chi connectivity index (χ0v) is 13.0. The van der Waals surface area contributed by atoms with Crippen molar-refractivity contribution < 1.29 is 0 Å². The fourth-order valence-electron chi connectivity index (χ4n) is 4.00. The van der Waals surface area contributed by atoms with Crippen molar-refractivity contribution >= 4 is 0 Å². The molecule has 0 bridgehead atoms. The Labute approximate surface area is 122 Å². The van der Waals surface area contributed by atoms with Crippen LogP contribution in [0, 0.1) is 11.8 Å². The molecule has 0 aromatic carbocycles. The third-order valence-electron chi connectivity index (χ3n) is 5.41. The highest BCUT2D eigenvalue weighted by atomic mass is 15.3. The van der Waals surface area contributed by atoms with E-state index in [0.717, 1.165) is 31.5 Å². The van der Waals surface area contributed by atoms with Gasteiger partial charge in [-0.25, -0.2) is 4.98 Å². The van der Waals surface area contributed by atoms with Gasteiger partial charge in [0.2, 0.25) is 0 Å². The van der Waals surface area contributed by atoms with E-state index in [1.165, 1.54) is 25.1 Å². The molecular formula is C16H28N4. The second-order valence-corrected chi connectivity index (χ2v) is 6.79. The number of hydrogen-bond donors (Lipinski definition) is 1. The molecule has 2 heterocycles. The van der Waals surface area contributed by atoms with E-state index in [0.29, 0.717) is 12.1 Å². The van der Waals surface area contributed by atoms with Gasteiger partial charge in [-0.05, 0) is 38.1 Å². The maximum absolute atomic E-state index is 4.51. The first-order valence-electron chi connectivity index (χ1n) is 8.10. The highest BCUT2D eigenvalue weighted by Gasteiger charge is 2.35. The Kier molecular flexibility index (Phi) is 4.13. The van der Waals surface area contributed by atoms with E-state index in [1.54, 1.807) is 0 Å². The fourth-order valence-corrected chi connectivity index (χ4v) is 4.00. The summed E-state index contributed by atoms with van der Waals surface area (Å²) in [6.07, 6.45) is 8.08. The minimum absolute atomic E-state index is 0.645. The van der Waals surface area contributed by atoms with Crippen LogP contribution < -0.4 is 5.32 Å². The SMILES string of the molecule is CNC1CCC(C(C)C)CC1N1CCn2ccnc2C1. The molecule has 112 valence electrons. The van der Waals surface area contributed by atoms with E-state index in [1.807, 2.05) is 6.20 Å². The van der Waals surface area contributed by atoms with Crippen molar-refractivity contribution in [3.8, 4) is 0 Å². The molecule has 4 heteroatoms. The molecule has 1 aliphatic carbocycles. The van der Waals surface area contributed by atoms with E-state index in [2.05, 4.69) is 46.9 Å². The molecule has 3 atom stereocenters. The van der Waals surface area contributed by atoms with Gasteiger partial charge in [0, 0.05) is 37.6 Å². The molecule has 1 saturated carbocycles. The molecule has 1 fully saturated rings. The Hall–Kier alpha value is -0.870. The molecule has 1 N–H and O–H groups in total. The van der Waals surface area contributed by atoms with Gasteiger partial charge >= 0.3 is 0 Å². The maximum Gasteiger partial charge on any atom is 0.122 e. The Morgan fingerprint density at radius 2 is 2.15 bits per heavy atom. The molecule has 3 unspecified atom stereocenters. The number of nitrogens with zero attached hydrogens (tertiary/aromatic N) is 3. The fraction of sp³-hybridized carbons (Fsp3) is 0.812. The minimum atomic E-state index is 0.645. The van der Waals surface area contributed by atoms with Crippen LogP contribution in [0.25, 0.3) is 0 Å². The Balaban J connectivity index is 1.73. The summed E-state index contributed by atoms with van der Waals surface area (Å²) < 4.78 is 2.30. The third-order valence-corrected chi connectivity index (χ3v) is 5.41. The predicted molar refractivity (Wildman–Crippen MR) is 81.5 cm³/mol. The second-order valence-electron chi connectivity index (χ2n) is 6.79. The summed E-state index contributed by atoms with van der Waals surface area (Å²) in [4.78, 5) is 7.17. The van der Waals surface area contributed by atoms with Crippen molar-refractivity contribution in [3.63, 3.8) is 0 Å². The summed E-state index contributed by atoms with van der Waals surface area (Å²) in [6, 6.07) is 1.32. The van der Waals surface area contributed by atoms with Crippen molar-refractivity contribution in [3.05, 3.63) is 18.2 Å². The van der Waals surface area contributed by atoms with Crippen LogP contribution >= 0.6 is 0 Å². The summed E-state index contributed by atoms with van der Waals surface area (Å²) in [6.45, 7) is 8.03. The van der Waals surface area contributed by atoms with Crippen LogP contribution in [0.1, 0.15) is 38.9 Å². The van der Waals surface area contributed by atoms with Crippen molar-refractivity contribution in [1.29, 1.82) is 0 Å². The minimum Gasteiger partial charge on any atom is -0.333 e. The van der Waals surface area contributed by atoms with Gasteiger partial charge in [-0.15, -0.1) is 0 Å². The first-order chi connectivity index (χ1) is 9.69. The summed E-state index contributed by atoms with van der Waals surface area (Å²) in [5.74, 6) is 2.92. The lowest BCUT2D eigenvalue weighted by Gasteiger charge is -2.45. The van der Waals surface area contributed by atoms with Crippen LogP contribution in [-0.4, -0.2) is 40.1 Å². The zero-order chi connectivity index (χ0) is 14.1. The number of rotatable bonds is 3. The molecule has 0 spiro atoms. The number of aromatic nitrogens is 2. The molecule has 3 rings (SSSR count). The molecule has 2 aliphatic rings. The molecule has 1 aliphatic heterocycles. The van der Waals surface area contributed by atoms with E-state index in [9.17, 15) is 0 Å². The first kappa shape index (κ1) is 14.1. The van der Waals surface area contributed by atoms with Gasteiger partial charge in [-0.1, -0.05) is 13.8 Å². The van der Waals surface area contributed by atoms with Gasteiger partial charge in [0.25, 0.3) is 0 Å². The average Bonchev–Trinajstić information content (AvgIpc) is 2.93. The maximum atomic E-state index is 4.51. The molecule has 4 nitrogen and oxygen atoms in total. The van der Waals surface area contributed by atoms with E-state index in [4.69, 9.17) is 0 Å². The normalized spacial score (nSPS) is 31.5. The molecule has 1 aromatic rings. The van der Waals surface area contributed by atoms with Crippen LogP contribution in [0.4, 0.5) is 0 Å². The van der Waals surface area contributed by atoms with Crippen LogP contribution in [-0.2, 0) is 13.1 Å². The summed E-state index contributed by atoms with van der Waals surface area (Å²) in [5, 5.41) is 3.56. The summed E-state index contributed by atoms with van der Waals surface area (Å²) in [5.41, 5.74) is 0. The highest BCUT2D eigenvalue weighted by molar-refractivity contribution is 4.99. The number of fused-ring (bicyclic) bond motifs is 1. The second kappa shape index (κ2) is 5.86. The van der Waals surface area contributed by atoms with E-state index in [-0.39, 0.29) is 0 Å². The first-order valence-corrected chi connectivity index (χ1v) is 8.10. The highest BCUT2D eigenvalue weighted by Crippen LogP contribution is 2.33. The van der Waals surface area contributed by atoms with Crippen molar-refractivity contribution in [1.82, 2.24) is 19.8 Å². The quantitative estimate of drug-likeness (QED) is 0.918. The van der Waals surface area contributed by atoms with Crippen LogP contribution in [0.2, 0.25) is 0 Å². The largest absolute Gasteiger partial charge is 0.333 e. The van der Waals surface area contributed by atoms with Crippen molar-refractivity contribution in [2.24, 2.45) is 11.8 Å². The Bertz CT molecular complexity index is 439. The van der Waals surface area contributed by atoms with E-state index < -0.39 is 0 Å². The molecule has 20 heavy (non-hydrogen) atoms. The summed E-state index contributed by atoms with van der Waals surface area (Å²) in [7, 11) is 2.12. The summed E-state index contributed by atoms with van der Waals surface area (Å²) >= 11 is 0. The van der Waals surface area contributed by atoms with Gasteiger partial charge in [0.15, 0.2) is 0 Å². The molecule has 0 amide bonds. The van der Waals surface area contributed by atoms with Gasteiger partial charge in [-0.2, -0.15) is 0 Å².